The molecule has 2 rings (SSSR count). The van der Waals surface area contributed by atoms with Gasteiger partial charge in [0.05, 0.1) is 0 Å². The minimum absolute atomic E-state index is 0.394. The molecule has 1 unspecified atom stereocenters. The molecule has 0 aliphatic carbocycles. The van der Waals surface area contributed by atoms with Gasteiger partial charge in [0.1, 0.15) is 0 Å². The summed E-state index contributed by atoms with van der Waals surface area (Å²) in [5, 5.41) is 0. The van der Waals surface area contributed by atoms with Crippen molar-refractivity contribution in [1.82, 2.24) is 4.90 Å². The van der Waals surface area contributed by atoms with Gasteiger partial charge in [-0.1, -0.05) is 55.5 Å². The summed E-state index contributed by atoms with van der Waals surface area (Å²) in [6.07, 6.45) is 0. The first-order valence-electron chi connectivity index (χ1n) is 6.84. The Morgan fingerprint density at radius 3 is 2.26 bits per heavy atom. The molecule has 1 atom stereocenters. The SMILES string of the molecule is CCN(Cc1ccccc1N)C(C)c1ccccc1. The second-order valence-corrected chi connectivity index (χ2v) is 4.85. The van der Waals surface area contributed by atoms with Gasteiger partial charge in [0.15, 0.2) is 0 Å². The van der Waals surface area contributed by atoms with Gasteiger partial charge in [0, 0.05) is 18.3 Å². The van der Waals surface area contributed by atoms with Crippen LogP contribution < -0.4 is 5.73 Å². The van der Waals surface area contributed by atoms with Crippen molar-refractivity contribution >= 4 is 5.69 Å². The molecule has 0 fully saturated rings. The molecule has 0 aliphatic rings. The zero-order chi connectivity index (χ0) is 13.7. The van der Waals surface area contributed by atoms with Crippen LogP contribution in [-0.2, 0) is 6.54 Å². The third kappa shape index (κ3) is 3.36. The Balaban J connectivity index is 2.15. The topological polar surface area (TPSA) is 29.3 Å². The summed E-state index contributed by atoms with van der Waals surface area (Å²) in [6.45, 7) is 6.33. The van der Waals surface area contributed by atoms with Crippen molar-refractivity contribution in [3.05, 3.63) is 65.7 Å². The van der Waals surface area contributed by atoms with E-state index in [2.05, 4.69) is 55.1 Å². The van der Waals surface area contributed by atoms with Crippen LogP contribution in [0.3, 0.4) is 0 Å². The standard InChI is InChI=1S/C17H22N2/c1-3-19(13-16-11-7-8-12-17(16)18)14(2)15-9-5-4-6-10-15/h4-12,14H,3,13,18H2,1-2H3. The van der Waals surface area contributed by atoms with Crippen LogP contribution in [0.1, 0.15) is 31.0 Å². The smallest absolute Gasteiger partial charge is 0.0359 e. The Kier molecular flexibility index (Phi) is 4.58. The Morgan fingerprint density at radius 2 is 1.63 bits per heavy atom. The highest BCUT2D eigenvalue weighted by molar-refractivity contribution is 5.46. The highest BCUT2D eigenvalue weighted by atomic mass is 15.1. The van der Waals surface area contributed by atoms with Gasteiger partial charge in [-0.2, -0.15) is 0 Å². The van der Waals surface area contributed by atoms with Crippen molar-refractivity contribution < 1.29 is 0 Å². The summed E-state index contributed by atoms with van der Waals surface area (Å²) in [6, 6.07) is 19.1. The van der Waals surface area contributed by atoms with Gasteiger partial charge < -0.3 is 5.73 Å². The largest absolute Gasteiger partial charge is 0.398 e. The highest BCUT2D eigenvalue weighted by Gasteiger charge is 2.14. The number of para-hydroxylation sites is 1. The third-order valence-electron chi connectivity index (χ3n) is 3.66. The van der Waals surface area contributed by atoms with Crippen molar-refractivity contribution in [2.75, 3.05) is 12.3 Å². The van der Waals surface area contributed by atoms with Crippen LogP contribution in [0.4, 0.5) is 5.69 Å². The summed E-state index contributed by atoms with van der Waals surface area (Å²) in [5.41, 5.74) is 9.46. The first kappa shape index (κ1) is 13.6. The molecule has 2 aromatic carbocycles. The Hall–Kier alpha value is -1.80. The van der Waals surface area contributed by atoms with E-state index in [1.807, 2.05) is 18.2 Å². The molecule has 19 heavy (non-hydrogen) atoms. The number of hydrogen-bond acceptors (Lipinski definition) is 2. The van der Waals surface area contributed by atoms with E-state index in [4.69, 9.17) is 5.73 Å². The van der Waals surface area contributed by atoms with Crippen LogP contribution in [0.5, 0.6) is 0 Å². The zero-order valence-corrected chi connectivity index (χ0v) is 11.7. The molecular weight excluding hydrogens is 232 g/mol. The number of hydrogen-bond donors (Lipinski definition) is 1. The predicted molar refractivity (Wildman–Crippen MR) is 81.8 cm³/mol. The molecule has 2 heteroatoms. The summed E-state index contributed by atoms with van der Waals surface area (Å²) in [7, 11) is 0. The van der Waals surface area contributed by atoms with Crippen LogP contribution in [-0.4, -0.2) is 11.4 Å². The molecule has 100 valence electrons. The molecular formula is C17H22N2. The van der Waals surface area contributed by atoms with Gasteiger partial charge in [-0.15, -0.1) is 0 Å². The molecule has 0 spiro atoms. The van der Waals surface area contributed by atoms with Crippen molar-refractivity contribution in [2.45, 2.75) is 26.4 Å². The van der Waals surface area contributed by atoms with Crippen molar-refractivity contribution in [3.8, 4) is 0 Å². The number of nitrogens with zero attached hydrogens (tertiary/aromatic N) is 1. The fraction of sp³-hybridized carbons (Fsp3) is 0.294. The van der Waals surface area contributed by atoms with Crippen molar-refractivity contribution in [3.63, 3.8) is 0 Å². The number of anilines is 1. The molecule has 0 amide bonds. The fourth-order valence-electron chi connectivity index (χ4n) is 2.36. The van der Waals surface area contributed by atoms with Crippen LogP contribution in [0, 0.1) is 0 Å². The Morgan fingerprint density at radius 1 is 1.00 bits per heavy atom. The average molecular weight is 254 g/mol. The van der Waals surface area contributed by atoms with Gasteiger partial charge in [-0.3, -0.25) is 4.90 Å². The number of nitrogen functional groups attached to an aromatic ring is 1. The molecule has 0 bridgehead atoms. The van der Waals surface area contributed by atoms with Gasteiger partial charge in [0.25, 0.3) is 0 Å². The second-order valence-electron chi connectivity index (χ2n) is 4.85. The van der Waals surface area contributed by atoms with E-state index < -0.39 is 0 Å². The van der Waals surface area contributed by atoms with E-state index in [0.29, 0.717) is 6.04 Å². The minimum atomic E-state index is 0.394. The van der Waals surface area contributed by atoms with Crippen molar-refractivity contribution in [2.24, 2.45) is 0 Å². The van der Waals surface area contributed by atoms with Crippen molar-refractivity contribution in [1.29, 1.82) is 0 Å². The third-order valence-corrected chi connectivity index (χ3v) is 3.66. The molecule has 0 saturated heterocycles. The molecule has 0 radical (unpaired) electrons. The lowest BCUT2D eigenvalue weighted by Crippen LogP contribution is -2.26. The monoisotopic (exact) mass is 254 g/mol. The maximum atomic E-state index is 6.04. The first-order chi connectivity index (χ1) is 9.22. The molecule has 0 aliphatic heterocycles. The van der Waals surface area contributed by atoms with E-state index in [-0.39, 0.29) is 0 Å². The minimum Gasteiger partial charge on any atom is -0.398 e. The van der Waals surface area contributed by atoms with E-state index in [1.165, 1.54) is 11.1 Å². The zero-order valence-electron chi connectivity index (χ0n) is 11.7. The lowest BCUT2D eigenvalue weighted by molar-refractivity contribution is 0.213. The fourth-order valence-corrected chi connectivity index (χ4v) is 2.36. The number of benzene rings is 2. The van der Waals surface area contributed by atoms with E-state index >= 15 is 0 Å². The van der Waals surface area contributed by atoms with Gasteiger partial charge >= 0.3 is 0 Å². The molecule has 0 heterocycles. The first-order valence-corrected chi connectivity index (χ1v) is 6.84. The van der Waals surface area contributed by atoms with E-state index in [1.54, 1.807) is 0 Å². The summed E-state index contributed by atoms with van der Waals surface area (Å²) >= 11 is 0. The van der Waals surface area contributed by atoms with E-state index in [9.17, 15) is 0 Å². The summed E-state index contributed by atoms with van der Waals surface area (Å²) in [4.78, 5) is 2.43. The van der Waals surface area contributed by atoms with Crippen LogP contribution in [0.15, 0.2) is 54.6 Å². The summed E-state index contributed by atoms with van der Waals surface area (Å²) in [5.74, 6) is 0. The van der Waals surface area contributed by atoms with Gasteiger partial charge in [0.2, 0.25) is 0 Å². The highest BCUT2D eigenvalue weighted by Crippen LogP contribution is 2.23. The van der Waals surface area contributed by atoms with Crippen LogP contribution in [0.25, 0.3) is 0 Å². The molecule has 2 nitrogen and oxygen atoms in total. The quantitative estimate of drug-likeness (QED) is 0.821. The summed E-state index contributed by atoms with van der Waals surface area (Å²) < 4.78 is 0. The van der Waals surface area contributed by atoms with Crippen LogP contribution in [0.2, 0.25) is 0 Å². The maximum Gasteiger partial charge on any atom is 0.0359 e. The molecule has 0 aromatic heterocycles. The number of nitrogens with two attached hydrogens (primary N) is 1. The maximum absolute atomic E-state index is 6.04. The lowest BCUT2D eigenvalue weighted by Gasteiger charge is -2.28. The normalized spacial score (nSPS) is 12.6. The lowest BCUT2D eigenvalue weighted by atomic mass is 10.1. The molecule has 2 aromatic rings. The second kappa shape index (κ2) is 6.39. The van der Waals surface area contributed by atoms with Crippen LogP contribution >= 0.6 is 0 Å². The van der Waals surface area contributed by atoms with Gasteiger partial charge in [-0.05, 0) is 30.7 Å². The average Bonchev–Trinajstić information content (AvgIpc) is 2.47. The number of rotatable bonds is 5. The van der Waals surface area contributed by atoms with E-state index in [0.717, 1.165) is 18.8 Å². The molecule has 0 saturated carbocycles. The predicted octanol–water partition coefficient (Wildman–Crippen LogP) is 3.85. The van der Waals surface area contributed by atoms with Gasteiger partial charge in [-0.25, -0.2) is 0 Å². The Bertz CT molecular complexity index is 508. The Labute approximate surface area is 115 Å². The molecule has 2 N–H and O–H groups in total.